The maximum Gasteiger partial charge on any atom is 0.404 e. The summed E-state index contributed by atoms with van der Waals surface area (Å²) in [6.45, 7) is 8.66. The molecular formula is C27H30N6O3. The van der Waals surface area contributed by atoms with E-state index in [1.165, 1.54) is 0 Å². The third-order valence-corrected chi connectivity index (χ3v) is 5.89. The number of nitrogens with zero attached hydrogens (tertiary/aromatic N) is 4. The van der Waals surface area contributed by atoms with Crippen molar-refractivity contribution in [2.75, 3.05) is 0 Å². The topological polar surface area (TPSA) is 126 Å². The molecule has 0 atom stereocenters. The molecule has 3 N–H and O–H groups in total. The van der Waals surface area contributed by atoms with Gasteiger partial charge in [0.2, 0.25) is 5.82 Å². The Morgan fingerprint density at radius 3 is 2.50 bits per heavy atom. The highest BCUT2D eigenvalue weighted by molar-refractivity contribution is 5.74. The molecule has 0 saturated carbocycles. The van der Waals surface area contributed by atoms with Crippen molar-refractivity contribution >= 4 is 6.09 Å². The molecule has 0 saturated heterocycles. The number of aromatic amines is 1. The van der Waals surface area contributed by atoms with Crippen molar-refractivity contribution in [3.05, 3.63) is 76.6 Å². The van der Waals surface area contributed by atoms with E-state index in [0.29, 0.717) is 17.5 Å². The second kappa shape index (κ2) is 11.0. The number of rotatable bonds is 9. The van der Waals surface area contributed by atoms with Crippen LogP contribution in [0.5, 0.6) is 5.75 Å². The molecule has 9 heteroatoms. The predicted octanol–water partition coefficient (Wildman–Crippen LogP) is 5.09. The number of carbonyl (C=O) groups is 1. The standard InChI is InChI=1S/C27H30N6O3/c1-16(2)13-23-21(14-28-27(34)35)25(19-11-9-17(3)10-12-19)22(18(4)29-23)15-36-24-8-6-5-7-20(24)26-30-32-33-31-26/h5-12,16,28H,13-15H2,1-4H3,(H,34,35)(H,30,31,32,33). The van der Waals surface area contributed by atoms with Crippen molar-refractivity contribution in [1.82, 2.24) is 30.9 Å². The highest BCUT2D eigenvalue weighted by atomic mass is 16.5. The van der Waals surface area contributed by atoms with Crippen LogP contribution in [0, 0.1) is 19.8 Å². The average molecular weight is 487 g/mol. The maximum atomic E-state index is 11.4. The minimum absolute atomic E-state index is 0.153. The van der Waals surface area contributed by atoms with Crippen LogP contribution in [0.3, 0.4) is 0 Å². The van der Waals surface area contributed by atoms with E-state index in [0.717, 1.165) is 51.2 Å². The number of tetrazole rings is 1. The number of benzene rings is 2. The molecule has 186 valence electrons. The number of para-hydroxylation sites is 1. The third-order valence-electron chi connectivity index (χ3n) is 5.89. The fourth-order valence-corrected chi connectivity index (χ4v) is 4.20. The van der Waals surface area contributed by atoms with Gasteiger partial charge in [0.05, 0.1) is 5.56 Å². The summed E-state index contributed by atoms with van der Waals surface area (Å²) in [7, 11) is 0. The number of H-pyrrole nitrogens is 1. The van der Waals surface area contributed by atoms with Gasteiger partial charge < -0.3 is 15.2 Å². The van der Waals surface area contributed by atoms with Crippen molar-refractivity contribution < 1.29 is 14.6 Å². The van der Waals surface area contributed by atoms with E-state index in [4.69, 9.17) is 9.72 Å². The molecule has 0 spiro atoms. The van der Waals surface area contributed by atoms with Gasteiger partial charge in [-0.15, -0.1) is 10.2 Å². The first-order chi connectivity index (χ1) is 17.3. The number of nitrogens with one attached hydrogen (secondary N) is 2. The smallest absolute Gasteiger partial charge is 0.404 e. The SMILES string of the molecule is Cc1ccc(-c2c(COc3ccccc3-c3nn[nH]n3)c(C)nc(CC(C)C)c2CNC(=O)O)cc1. The van der Waals surface area contributed by atoms with Crippen molar-refractivity contribution in [3.63, 3.8) is 0 Å². The number of aromatic nitrogens is 5. The summed E-state index contributed by atoms with van der Waals surface area (Å²) in [5.41, 5.74) is 7.30. The normalized spacial score (nSPS) is 11.0. The minimum Gasteiger partial charge on any atom is -0.488 e. The second-order valence-electron chi connectivity index (χ2n) is 9.12. The summed E-state index contributed by atoms with van der Waals surface area (Å²) in [5.74, 6) is 1.41. The first-order valence-corrected chi connectivity index (χ1v) is 11.8. The van der Waals surface area contributed by atoms with E-state index in [1.807, 2.05) is 38.1 Å². The van der Waals surface area contributed by atoms with Gasteiger partial charge in [-0.1, -0.05) is 55.8 Å². The molecule has 0 aliphatic rings. The van der Waals surface area contributed by atoms with Crippen LogP contribution in [-0.4, -0.2) is 36.8 Å². The molecule has 4 aromatic rings. The molecular weight excluding hydrogens is 456 g/mol. The number of hydrogen-bond acceptors (Lipinski definition) is 6. The van der Waals surface area contributed by atoms with E-state index < -0.39 is 6.09 Å². The number of carboxylic acid groups (broad SMARTS) is 1. The van der Waals surface area contributed by atoms with Crippen LogP contribution >= 0.6 is 0 Å². The zero-order valence-electron chi connectivity index (χ0n) is 20.9. The van der Waals surface area contributed by atoms with Crippen LogP contribution < -0.4 is 10.1 Å². The Balaban J connectivity index is 1.82. The largest absolute Gasteiger partial charge is 0.488 e. The Labute approximate surface area is 209 Å². The fraction of sp³-hybridized carbons (Fsp3) is 0.296. The van der Waals surface area contributed by atoms with Gasteiger partial charge in [0.15, 0.2) is 0 Å². The Morgan fingerprint density at radius 2 is 1.83 bits per heavy atom. The lowest BCUT2D eigenvalue weighted by Crippen LogP contribution is -2.23. The number of ether oxygens (including phenoxy) is 1. The highest BCUT2D eigenvalue weighted by Crippen LogP contribution is 2.35. The summed E-state index contributed by atoms with van der Waals surface area (Å²) in [6.07, 6.45) is -0.342. The summed E-state index contributed by atoms with van der Waals surface area (Å²) in [6, 6.07) is 15.7. The van der Waals surface area contributed by atoms with Crippen molar-refractivity contribution in [1.29, 1.82) is 0 Å². The molecule has 0 radical (unpaired) electrons. The van der Waals surface area contributed by atoms with Crippen LogP contribution in [-0.2, 0) is 19.6 Å². The van der Waals surface area contributed by atoms with Crippen LogP contribution in [0.2, 0.25) is 0 Å². The zero-order valence-corrected chi connectivity index (χ0v) is 20.9. The number of aryl methyl sites for hydroxylation is 2. The Kier molecular flexibility index (Phi) is 7.58. The monoisotopic (exact) mass is 486 g/mol. The molecule has 0 bridgehead atoms. The molecule has 1 amide bonds. The Hall–Kier alpha value is -4.27. The van der Waals surface area contributed by atoms with Gasteiger partial charge in [-0.25, -0.2) is 4.79 Å². The van der Waals surface area contributed by atoms with Gasteiger partial charge in [0.1, 0.15) is 12.4 Å². The number of amides is 1. The van der Waals surface area contributed by atoms with Gasteiger partial charge in [0.25, 0.3) is 0 Å². The van der Waals surface area contributed by atoms with Gasteiger partial charge in [-0.3, -0.25) is 4.98 Å². The lowest BCUT2D eigenvalue weighted by molar-refractivity contribution is 0.194. The summed E-state index contributed by atoms with van der Waals surface area (Å²) in [5, 5.41) is 26.2. The molecule has 0 unspecified atom stereocenters. The van der Waals surface area contributed by atoms with Gasteiger partial charge in [0, 0.05) is 29.1 Å². The van der Waals surface area contributed by atoms with E-state index in [2.05, 4.69) is 64.1 Å². The molecule has 2 heterocycles. The molecule has 0 aliphatic carbocycles. The molecule has 4 rings (SSSR count). The number of pyridine rings is 1. The van der Waals surface area contributed by atoms with E-state index in [1.54, 1.807) is 0 Å². The van der Waals surface area contributed by atoms with E-state index in [9.17, 15) is 9.90 Å². The van der Waals surface area contributed by atoms with Crippen molar-refractivity contribution in [2.24, 2.45) is 5.92 Å². The first-order valence-electron chi connectivity index (χ1n) is 11.8. The molecule has 9 nitrogen and oxygen atoms in total. The molecule has 0 aliphatic heterocycles. The van der Waals surface area contributed by atoms with Crippen molar-refractivity contribution in [3.8, 4) is 28.3 Å². The van der Waals surface area contributed by atoms with Gasteiger partial charge >= 0.3 is 6.09 Å². The third kappa shape index (κ3) is 5.68. The number of hydrogen-bond donors (Lipinski definition) is 3. The average Bonchev–Trinajstić information content (AvgIpc) is 3.38. The van der Waals surface area contributed by atoms with Gasteiger partial charge in [-0.05, 0) is 54.7 Å². The van der Waals surface area contributed by atoms with E-state index >= 15 is 0 Å². The van der Waals surface area contributed by atoms with Crippen molar-refractivity contribution in [2.45, 2.75) is 47.3 Å². The lowest BCUT2D eigenvalue weighted by atomic mass is 9.90. The predicted molar refractivity (Wildman–Crippen MR) is 136 cm³/mol. The summed E-state index contributed by atoms with van der Waals surface area (Å²) in [4.78, 5) is 16.4. The summed E-state index contributed by atoms with van der Waals surface area (Å²) >= 11 is 0. The molecule has 36 heavy (non-hydrogen) atoms. The fourth-order valence-electron chi connectivity index (χ4n) is 4.20. The first kappa shape index (κ1) is 24.8. The highest BCUT2D eigenvalue weighted by Gasteiger charge is 2.21. The summed E-state index contributed by atoms with van der Waals surface area (Å²) < 4.78 is 6.32. The minimum atomic E-state index is -1.08. The zero-order chi connectivity index (χ0) is 25.7. The Morgan fingerprint density at radius 1 is 1.08 bits per heavy atom. The van der Waals surface area contributed by atoms with Gasteiger partial charge in [-0.2, -0.15) is 5.21 Å². The quantitative estimate of drug-likeness (QED) is 0.301. The molecule has 2 aromatic heterocycles. The van der Waals surface area contributed by atoms with Crippen LogP contribution in [0.1, 0.15) is 41.9 Å². The second-order valence-corrected chi connectivity index (χ2v) is 9.12. The Bertz CT molecular complexity index is 1330. The van der Waals surface area contributed by atoms with E-state index in [-0.39, 0.29) is 13.2 Å². The lowest BCUT2D eigenvalue weighted by Gasteiger charge is -2.22. The molecule has 2 aromatic carbocycles. The van der Waals surface area contributed by atoms with Crippen LogP contribution in [0.4, 0.5) is 4.79 Å². The van der Waals surface area contributed by atoms with Crippen LogP contribution in [0.25, 0.3) is 22.5 Å². The van der Waals surface area contributed by atoms with Crippen LogP contribution in [0.15, 0.2) is 48.5 Å². The maximum absolute atomic E-state index is 11.4. The molecule has 0 fully saturated rings.